The molecule has 5 aromatic carbocycles. The van der Waals surface area contributed by atoms with Crippen molar-refractivity contribution in [2.75, 3.05) is 28.4 Å². The van der Waals surface area contributed by atoms with Gasteiger partial charge in [-0.05, 0) is 77.7 Å². The van der Waals surface area contributed by atoms with Crippen molar-refractivity contribution in [2.45, 2.75) is 26.2 Å². The van der Waals surface area contributed by atoms with E-state index in [0.717, 1.165) is 35.0 Å². The van der Waals surface area contributed by atoms with Crippen LogP contribution < -0.4 is 14.7 Å². The lowest BCUT2D eigenvalue weighted by atomic mass is 9.87. The van der Waals surface area contributed by atoms with Crippen molar-refractivity contribution in [3.05, 3.63) is 133 Å². The van der Waals surface area contributed by atoms with Gasteiger partial charge in [-0.15, -0.1) is 0 Å². The highest BCUT2D eigenvalue weighted by molar-refractivity contribution is 6.16. The van der Waals surface area contributed by atoms with Gasteiger partial charge in [-0.1, -0.05) is 75.4 Å². The number of hydrogen-bond acceptors (Lipinski definition) is 4. The zero-order valence-corrected chi connectivity index (χ0v) is 26.6. The summed E-state index contributed by atoms with van der Waals surface area (Å²) in [6.07, 6.45) is 1.94. The third-order valence-corrected chi connectivity index (χ3v) is 9.63. The molecule has 2 aliphatic rings. The van der Waals surface area contributed by atoms with Crippen molar-refractivity contribution in [1.29, 1.82) is 0 Å². The molecule has 0 fully saturated rings. The summed E-state index contributed by atoms with van der Waals surface area (Å²) in [5.41, 5.74) is 14.1. The first-order chi connectivity index (χ1) is 22.4. The van der Waals surface area contributed by atoms with Crippen LogP contribution in [0.4, 0.5) is 34.1 Å². The van der Waals surface area contributed by atoms with Gasteiger partial charge in [0.15, 0.2) is 0 Å². The average Bonchev–Trinajstić information content (AvgIpc) is 3.60. The number of rotatable bonds is 3. The fourth-order valence-corrected chi connectivity index (χ4v) is 7.35. The zero-order valence-electron chi connectivity index (χ0n) is 26.6. The number of benzene rings is 5. The number of anilines is 6. The topological polar surface area (TPSA) is 27.5 Å². The molecule has 5 nitrogen and oxygen atoms in total. The third-order valence-electron chi connectivity index (χ3n) is 9.63. The van der Waals surface area contributed by atoms with Gasteiger partial charge in [-0.3, -0.25) is 4.98 Å². The quantitative estimate of drug-likeness (QED) is 0.203. The molecule has 0 bridgehead atoms. The Bertz CT molecular complexity index is 2320. The first kappa shape index (κ1) is 26.8. The molecule has 0 radical (unpaired) electrons. The Kier molecular flexibility index (Phi) is 5.67. The minimum Gasteiger partial charge on any atom is -0.355 e. The molecular formula is C41H35N5. The molecule has 0 aliphatic carbocycles. The molecule has 4 heterocycles. The van der Waals surface area contributed by atoms with Crippen LogP contribution in [0, 0.1) is 0 Å². The van der Waals surface area contributed by atoms with E-state index < -0.39 is 0 Å². The van der Waals surface area contributed by atoms with E-state index in [1.807, 2.05) is 6.20 Å². The maximum Gasteiger partial charge on any atom is 0.0950 e. The van der Waals surface area contributed by atoms with Gasteiger partial charge in [-0.25, -0.2) is 0 Å². The predicted molar refractivity (Wildman–Crippen MR) is 193 cm³/mol. The molecule has 9 rings (SSSR count). The van der Waals surface area contributed by atoms with Gasteiger partial charge in [0.25, 0.3) is 0 Å². The maximum absolute atomic E-state index is 4.85. The first-order valence-corrected chi connectivity index (χ1v) is 16.0. The van der Waals surface area contributed by atoms with Crippen molar-refractivity contribution in [2.24, 2.45) is 0 Å². The molecule has 0 saturated heterocycles. The van der Waals surface area contributed by atoms with E-state index in [1.165, 1.54) is 50.1 Å². The highest BCUT2D eigenvalue weighted by atomic mass is 15.4. The first-order valence-electron chi connectivity index (χ1n) is 16.0. The van der Waals surface area contributed by atoms with E-state index in [-0.39, 0.29) is 5.41 Å². The van der Waals surface area contributed by atoms with E-state index in [1.54, 1.807) is 0 Å². The minimum absolute atomic E-state index is 0.0369. The second-order valence-electron chi connectivity index (χ2n) is 13.5. The Morgan fingerprint density at radius 1 is 0.609 bits per heavy atom. The minimum atomic E-state index is 0.0369. The number of pyridine rings is 1. The van der Waals surface area contributed by atoms with Crippen molar-refractivity contribution < 1.29 is 0 Å². The van der Waals surface area contributed by atoms with E-state index in [9.17, 15) is 0 Å². The predicted octanol–water partition coefficient (Wildman–Crippen LogP) is 10.5. The van der Waals surface area contributed by atoms with Gasteiger partial charge in [0.2, 0.25) is 0 Å². The summed E-state index contributed by atoms with van der Waals surface area (Å²) in [6.45, 7) is 7.57. The van der Waals surface area contributed by atoms with Crippen LogP contribution >= 0.6 is 0 Å². The Balaban J connectivity index is 1.28. The third kappa shape index (κ3) is 3.91. The molecule has 224 valence electrons. The summed E-state index contributed by atoms with van der Waals surface area (Å²) < 4.78 is 2.45. The van der Waals surface area contributed by atoms with Crippen LogP contribution in [0.1, 0.15) is 26.3 Å². The van der Waals surface area contributed by atoms with Gasteiger partial charge < -0.3 is 19.3 Å². The van der Waals surface area contributed by atoms with Crippen LogP contribution in [0.2, 0.25) is 0 Å². The number of para-hydroxylation sites is 4. The van der Waals surface area contributed by atoms with E-state index in [4.69, 9.17) is 4.98 Å². The van der Waals surface area contributed by atoms with Crippen LogP contribution in [0.3, 0.4) is 0 Å². The van der Waals surface area contributed by atoms with Gasteiger partial charge in [-0.2, -0.15) is 0 Å². The molecule has 0 amide bonds. The van der Waals surface area contributed by atoms with Crippen LogP contribution in [0.15, 0.2) is 128 Å². The second kappa shape index (κ2) is 9.72. The molecule has 0 atom stereocenters. The molecule has 0 saturated carbocycles. The summed E-state index contributed by atoms with van der Waals surface area (Å²) in [5, 5.41) is 2.53. The lowest BCUT2D eigenvalue weighted by Crippen LogP contribution is -2.24. The van der Waals surface area contributed by atoms with Crippen molar-refractivity contribution in [3.63, 3.8) is 0 Å². The molecular weight excluding hydrogens is 562 g/mol. The van der Waals surface area contributed by atoms with Crippen molar-refractivity contribution >= 4 is 55.9 Å². The molecule has 2 aromatic heterocycles. The summed E-state index contributed by atoms with van der Waals surface area (Å²) >= 11 is 0. The summed E-state index contributed by atoms with van der Waals surface area (Å²) in [4.78, 5) is 12.0. The maximum atomic E-state index is 4.85. The van der Waals surface area contributed by atoms with Crippen molar-refractivity contribution in [3.8, 4) is 16.9 Å². The van der Waals surface area contributed by atoms with Crippen LogP contribution in [-0.4, -0.2) is 23.3 Å². The van der Waals surface area contributed by atoms with Crippen LogP contribution in [0.5, 0.6) is 0 Å². The molecule has 0 unspecified atom stereocenters. The summed E-state index contributed by atoms with van der Waals surface area (Å²) in [6, 6.07) is 44.3. The van der Waals surface area contributed by atoms with Crippen LogP contribution in [-0.2, 0) is 5.41 Å². The number of hydrogen-bond donors (Lipinski definition) is 0. The van der Waals surface area contributed by atoms with Gasteiger partial charge in [0, 0.05) is 41.0 Å². The standard InChI is InChI=1S/C41H35N5/c1-41(2,3)28-21-22-42-33(24-28)27-19-20-37-39(23-27)45(38-18-10-14-32-31-13-5-6-15-34(31)46(37)40(32)38)30-12-9-11-29(25-30)44-26-43(4)35-16-7-8-17-36(35)44/h5-25H,26H2,1-4H3. The normalized spacial score (nSPS) is 13.9. The number of nitrogens with zero attached hydrogens (tertiary/aromatic N) is 5. The summed E-state index contributed by atoms with van der Waals surface area (Å²) in [7, 11) is 2.16. The van der Waals surface area contributed by atoms with E-state index in [0.29, 0.717) is 0 Å². The lowest BCUT2D eigenvalue weighted by molar-refractivity contribution is 0.589. The summed E-state index contributed by atoms with van der Waals surface area (Å²) in [5.74, 6) is 0. The van der Waals surface area contributed by atoms with Gasteiger partial charge in [0.05, 0.1) is 51.8 Å². The Morgan fingerprint density at radius 3 is 2.22 bits per heavy atom. The Labute approximate surface area is 269 Å². The number of fused-ring (bicyclic) bond motifs is 6. The molecule has 7 aromatic rings. The lowest BCUT2D eigenvalue weighted by Gasteiger charge is -2.34. The Hall–Kier alpha value is -5.55. The molecule has 0 N–H and O–H groups in total. The molecule has 5 heteroatoms. The zero-order chi connectivity index (χ0) is 31.2. The SMILES string of the molecule is CN1CN(c2cccc(N3c4cc(-c5cc(C(C)(C)C)ccn5)ccc4-n4c5ccccc5c5cccc3c54)c2)c2ccccc21. The second-order valence-corrected chi connectivity index (χ2v) is 13.5. The molecule has 0 spiro atoms. The van der Waals surface area contributed by atoms with E-state index >= 15 is 0 Å². The monoisotopic (exact) mass is 597 g/mol. The molecule has 46 heavy (non-hydrogen) atoms. The Morgan fingerprint density at radius 2 is 1.35 bits per heavy atom. The largest absolute Gasteiger partial charge is 0.355 e. The van der Waals surface area contributed by atoms with Gasteiger partial charge in [0.1, 0.15) is 0 Å². The fraction of sp³-hybridized carbons (Fsp3) is 0.146. The van der Waals surface area contributed by atoms with Crippen LogP contribution in [0.25, 0.3) is 38.8 Å². The van der Waals surface area contributed by atoms with Gasteiger partial charge >= 0.3 is 0 Å². The average molecular weight is 598 g/mol. The fourth-order valence-electron chi connectivity index (χ4n) is 7.35. The number of aromatic nitrogens is 2. The van der Waals surface area contributed by atoms with E-state index in [2.05, 4.69) is 168 Å². The highest BCUT2D eigenvalue weighted by Crippen LogP contribution is 2.51. The molecule has 2 aliphatic heterocycles. The highest BCUT2D eigenvalue weighted by Gasteiger charge is 2.30. The smallest absolute Gasteiger partial charge is 0.0950 e. The van der Waals surface area contributed by atoms with Crippen molar-refractivity contribution in [1.82, 2.24) is 9.55 Å².